The van der Waals surface area contributed by atoms with Crippen molar-refractivity contribution in [2.75, 3.05) is 6.54 Å². The largest absolute Gasteiger partial charge is 0.325 e. The van der Waals surface area contributed by atoms with Gasteiger partial charge in [0, 0.05) is 15.3 Å². The molecule has 1 aliphatic heterocycles. The summed E-state index contributed by atoms with van der Waals surface area (Å²) in [6, 6.07) is 5.06. The molecule has 0 aromatic carbocycles. The van der Waals surface area contributed by atoms with Crippen molar-refractivity contribution in [3.63, 3.8) is 0 Å². The van der Waals surface area contributed by atoms with Crippen LogP contribution in [0.25, 0.3) is 0 Å². The van der Waals surface area contributed by atoms with Crippen molar-refractivity contribution < 1.29 is 14.4 Å². The molecule has 0 unspecified atom stereocenters. The van der Waals surface area contributed by atoms with Crippen molar-refractivity contribution in [3.05, 3.63) is 43.8 Å². The number of urea groups is 1. The molecule has 3 heterocycles. The molecular formula is C17H16N2O3S2. The lowest BCUT2D eigenvalue weighted by molar-refractivity contribution is -0.131. The number of carbonyl (C=O) groups excluding carboxylic acids is 3. The van der Waals surface area contributed by atoms with Crippen LogP contribution >= 0.6 is 22.7 Å². The molecular weight excluding hydrogens is 344 g/mol. The summed E-state index contributed by atoms with van der Waals surface area (Å²) < 4.78 is 0. The Balaban J connectivity index is 1.62. The Morgan fingerprint density at radius 2 is 2.17 bits per heavy atom. The number of imide groups is 1. The minimum atomic E-state index is -0.976. The molecule has 2 aromatic rings. The highest BCUT2D eigenvalue weighted by Gasteiger charge is 2.54. The minimum Gasteiger partial charge on any atom is -0.319 e. The van der Waals surface area contributed by atoms with Crippen molar-refractivity contribution >= 4 is 40.4 Å². The maximum Gasteiger partial charge on any atom is 0.325 e. The first kappa shape index (κ1) is 15.5. The Bertz CT molecular complexity index is 854. The van der Waals surface area contributed by atoms with Crippen molar-refractivity contribution in [2.45, 2.75) is 31.7 Å². The van der Waals surface area contributed by atoms with Crippen LogP contribution in [-0.4, -0.2) is 29.2 Å². The van der Waals surface area contributed by atoms with E-state index in [1.807, 2.05) is 24.4 Å². The number of nitrogens with one attached hydrogen (secondary N) is 1. The fraction of sp³-hybridized carbons (Fsp3) is 0.353. The van der Waals surface area contributed by atoms with E-state index in [0.717, 1.165) is 33.1 Å². The highest BCUT2D eigenvalue weighted by atomic mass is 32.1. The predicted octanol–water partition coefficient (Wildman–Crippen LogP) is 3.08. The molecule has 7 heteroatoms. The van der Waals surface area contributed by atoms with E-state index in [0.29, 0.717) is 11.3 Å². The van der Waals surface area contributed by atoms with Gasteiger partial charge in [0.15, 0.2) is 5.78 Å². The van der Waals surface area contributed by atoms with Crippen LogP contribution in [0.1, 0.15) is 37.8 Å². The number of ketones is 1. The summed E-state index contributed by atoms with van der Waals surface area (Å²) in [5.74, 6) is -0.497. The molecule has 5 nitrogen and oxygen atoms in total. The average Bonchev–Trinajstić information content (AvgIpc) is 3.24. The van der Waals surface area contributed by atoms with E-state index in [9.17, 15) is 14.4 Å². The molecule has 0 bridgehead atoms. The third-order valence-electron chi connectivity index (χ3n) is 4.65. The second-order valence-corrected chi connectivity index (χ2v) is 8.46. The molecule has 1 aliphatic carbocycles. The topological polar surface area (TPSA) is 66.5 Å². The monoisotopic (exact) mass is 360 g/mol. The average molecular weight is 360 g/mol. The number of nitrogens with zero attached hydrogens (tertiary/aromatic N) is 1. The predicted molar refractivity (Wildman–Crippen MR) is 92.6 cm³/mol. The summed E-state index contributed by atoms with van der Waals surface area (Å²) in [5, 5.41) is 4.83. The first-order chi connectivity index (χ1) is 11.5. The van der Waals surface area contributed by atoms with Crippen LogP contribution in [0, 0.1) is 6.92 Å². The Morgan fingerprint density at radius 1 is 1.33 bits per heavy atom. The molecule has 124 valence electrons. The summed E-state index contributed by atoms with van der Waals surface area (Å²) in [7, 11) is 0. The number of hydrogen-bond acceptors (Lipinski definition) is 5. The van der Waals surface area contributed by atoms with Crippen LogP contribution in [0.5, 0.6) is 0 Å². The third-order valence-corrected chi connectivity index (χ3v) is 6.68. The standard InChI is InChI=1S/C17H16N2O3S2/c1-10-4-5-14(24-10)12(20)9-19-15(21)17(18-16(19)22)7-2-3-13-11(17)6-8-23-13/h4-6,8H,2-3,7,9H2,1H3,(H,18,22)/t17-/m0/s1. The van der Waals surface area contributed by atoms with Gasteiger partial charge in [0.25, 0.3) is 5.91 Å². The van der Waals surface area contributed by atoms with Gasteiger partial charge in [-0.15, -0.1) is 22.7 Å². The first-order valence-electron chi connectivity index (χ1n) is 7.82. The van der Waals surface area contributed by atoms with Gasteiger partial charge < -0.3 is 5.32 Å². The highest BCUT2D eigenvalue weighted by Crippen LogP contribution is 2.42. The summed E-state index contributed by atoms with van der Waals surface area (Å²) in [6.45, 7) is 1.72. The summed E-state index contributed by atoms with van der Waals surface area (Å²) in [5.41, 5.74) is -0.0740. The second-order valence-electron chi connectivity index (χ2n) is 6.17. The molecule has 24 heavy (non-hydrogen) atoms. The molecule has 1 spiro atoms. The molecule has 2 aromatic heterocycles. The Morgan fingerprint density at radius 3 is 2.92 bits per heavy atom. The lowest BCUT2D eigenvalue weighted by atomic mass is 9.80. The SMILES string of the molecule is Cc1ccc(C(=O)CN2C(=O)N[C@]3(CCCc4sccc43)C2=O)s1. The number of carbonyl (C=O) groups is 3. The van der Waals surface area contributed by atoms with E-state index >= 15 is 0 Å². The van der Waals surface area contributed by atoms with Crippen LogP contribution in [0.15, 0.2) is 23.6 Å². The van der Waals surface area contributed by atoms with E-state index < -0.39 is 11.6 Å². The second kappa shape index (κ2) is 5.53. The molecule has 1 atom stereocenters. The van der Waals surface area contributed by atoms with Crippen LogP contribution in [0.2, 0.25) is 0 Å². The fourth-order valence-corrected chi connectivity index (χ4v) is 5.29. The minimum absolute atomic E-state index is 0.199. The number of aryl methyl sites for hydroxylation is 2. The Kier molecular flexibility index (Phi) is 3.58. The van der Waals surface area contributed by atoms with E-state index in [4.69, 9.17) is 0 Å². The van der Waals surface area contributed by atoms with Crippen molar-refractivity contribution in [2.24, 2.45) is 0 Å². The lowest BCUT2D eigenvalue weighted by Gasteiger charge is -2.31. The van der Waals surface area contributed by atoms with Gasteiger partial charge in [0.2, 0.25) is 0 Å². The maximum absolute atomic E-state index is 13.0. The van der Waals surface area contributed by atoms with Gasteiger partial charge in [-0.25, -0.2) is 4.79 Å². The van der Waals surface area contributed by atoms with E-state index in [-0.39, 0.29) is 18.2 Å². The van der Waals surface area contributed by atoms with Gasteiger partial charge in [0.05, 0.1) is 11.4 Å². The van der Waals surface area contributed by atoms with E-state index in [1.54, 1.807) is 17.4 Å². The van der Waals surface area contributed by atoms with Gasteiger partial charge in [-0.05, 0) is 49.8 Å². The normalized spacial score (nSPS) is 22.8. The fourth-order valence-electron chi connectivity index (χ4n) is 3.49. The lowest BCUT2D eigenvalue weighted by Crippen LogP contribution is -2.46. The van der Waals surface area contributed by atoms with Crippen molar-refractivity contribution in [1.82, 2.24) is 10.2 Å². The molecule has 1 N–H and O–H groups in total. The number of Topliss-reactive ketones (excluding diaryl/α,β-unsaturated/α-hetero) is 1. The number of thiophene rings is 2. The zero-order valence-corrected chi connectivity index (χ0v) is 14.8. The van der Waals surface area contributed by atoms with Crippen molar-refractivity contribution in [3.8, 4) is 0 Å². The molecule has 3 amide bonds. The number of amides is 3. The van der Waals surface area contributed by atoms with Gasteiger partial charge in [-0.3, -0.25) is 14.5 Å². The quantitative estimate of drug-likeness (QED) is 0.676. The third kappa shape index (κ3) is 2.22. The van der Waals surface area contributed by atoms with Gasteiger partial charge in [-0.2, -0.15) is 0 Å². The zero-order valence-electron chi connectivity index (χ0n) is 13.1. The van der Waals surface area contributed by atoms with Crippen LogP contribution in [0.4, 0.5) is 4.79 Å². The smallest absolute Gasteiger partial charge is 0.319 e. The first-order valence-corrected chi connectivity index (χ1v) is 9.51. The van der Waals surface area contributed by atoms with E-state index in [2.05, 4.69) is 5.32 Å². The van der Waals surface area contributed by atoms with Gasteiger partial charge >= 0.3 is 6.03 Å². The molecule has 1 saturated heterocycles. The maximum atomic E-state index is 13.0. The Hall–Kier alpha value is -1.99. The summed E-state index contributed by atoms with van der Waals surface area (Å²) in [4.78, 5) is 41.7. The molecule has 0 saturated carbocycles. The molecule has 0 radical (unpaired) electrons. The van der Waals surface area contributed by atoms with Crippen molar-refractivity contribution in [1.29, 1.82) is 0 Å². The Labute approximate surface area is 147 Å². The van der Waals surface area contributed by atoms with E-state index in [1.165, 1.54) is 11.3 Å². The highest BCUT2D eigenvalue weighted by molar-refractivity contribution is 7.14. The molecule has 2 aliphatic rings. The van der Waals surface area contributed by atoms with Crippen LogP contribution in [0.3, 0.4) is 0 Å². The molecule has 1 fully saturated rings. The zero-order chi connectivity index (χ0) is 16.9. The molecule has 4 rings (SSSR count). The number of hydrogen-bond donors (Lipinski definition) is 1. The summed E-state index contributed by atoms with van der Waals surface area (Å²) >= 11 is 3.00. The number of fused-ring (bicyclic) bond motifs is 2. The van der Waals surface area contributed by atoms with Crippen LogP contribution in [-0.2, 0) is 16.8 Å². The number of rotatable bonds is 3. The van der Waals surface area contributed by atoms with Gasteiger partial charge in [0.1, 0.15) is 5.54 Å². The van der Waals surface area contributed by atoms with Gasteiger partial charge in [-0.1, -0.05) is 0 Å². The van der Waals surface area contributed by atoms with Crippen LogP contribution < -0.4 is 5.32 Å². The summed E-state index contributed by atoms with van der Waals surface area (Å²) in [6.07, 6.45) is 2.38.